The monoisotopic (exact) mass is 439 g/mol. The Balaban J connectivity index is 1.37. The molecule has 0 spiro atoms. The summed E-state index contributed by atoms with van der Waals surface area (Å²) in [4.78, 5) is 19.0. The minimum Gasteiger partial charge on any atom is -0.507 e. The molecule has 0 aromatic carbocycles. The molecule has 3 aliphatic rings. The van der Waals surface area contributed by atoms with E-state index < -0.39 is 15.5 Å². The van der Waals surface area contributed by atoms with Crippen molar-refractivity contribution in [2.24, 2.45) is 0 Å². The fraction of sp³-hybridized carbons (Fsp3) is 0.762. The lowest BCUT2D eigenvalue weighted by Crippen LogP contribution is -2.50. The molecule has 3 aliphatic heterocycles. The van der Waals surface area contributed by atoms with Crippen molar-refractivity contribution in [2.45, 2.75) is 51.2 Å². The van der Waals surface area contributed by atoms with Crippen LogP contribution >= 0.6 is 0 Å². The Hall–Kier alpha value is -1.42. The molecule has 1 atom stereocenters. The summed E-state index contributed by atoms with van der Waals surface area (Å²) in [7, 11) is -2.88. The first-order valence-electron chi connectivity index (χ1n) is 11.1. The number of likely N-dealkylation sites (tertiary alicyclic amines) is 1. The minimum absolute atomic E-state index is 0.0693. The van der Waals surface area contributed by atoms with Crippen LogP contribution in [0.3, 0.4) is 0 Å². The molecule has 9 heteroatoms. The number of rotatable bonds is 5. The van der Waals surface area contributed by atoms with Gasteiger partial charge in [0, 0.05) is 50.9 Å². The van der Waals surface area contributed by atoms with Crippen molar-refractivity contribution in [1.29, 1.82) is 0 Å². The molecule has 0 unspecified atom stereocenters. The minimum atomic E-state index is -2.88. The van der Waals surface area contributed by atoms with Crippen molar-refractivity contribution in [3.8, 4) is 5.75 Å². The molecule has 3 fully saturated rings. The highest BCUT2D eigenvalue weighted by Gasteiger charge is 2.34. The molecule has 0 radical (unpaired) electrons. The van der Waals surface area contributed by atoms with Crippen molar-refractivity contribution >= 4 is 9.84 Å². The summed E-state index contributed by atoms with van der Waals surface area (Å²) >= 11 is 0. The summed E-state index contributed by atoms with van der Waals surface area (Å²) in [6.45, 7) is 6.02. The maximum Gasteiger partial charge on any atom is 0.343 e. The van der Waals surface area contributed by atoms with Crippen LogP contribution in [0, 0.1) is 0 Å². The molecular formula is C21H33N3O5S. The van der Waals surface area contributed by atoms with Crippen LogP contribution in [0.15, 0.2) is 15.5 Å². The zero-order chi connectivity index (χ0) is 21.1. The zero-order valence-corrected chi connectivity index (χ0v) is 18.4. The largest absolute Gasteiger partial charge is 0.507 e. The van der Waals surface area contributed by atoms with Gasteiger partial charge in [0.25, 0.3) is 0 Å². The second-order valence-electron chi connectivity index (χ2n) is 8.93. The van der Waals surface area contributed by atoms with Gasteiger partial charge in [0.2, 0.25) is 0 Å². The first kappa shape index (κ1) is 21.8. The van der Waals surface area contributed by atoms with E-state index in [1.165, 1.54) is 19.1 Å². The molecule has 0 saturated carbocycles. The second kappa shape index (κ2) is 9.38. The number of nitrogens with zero attached hydrogens (tertiary/aromatic N) is 3. The predicted octanol–water partition coefficient (Wildman–Crippen LogP) is 1.03. The standard InChI is InChI=1S/C21H33N3O5S/c25-20-17(13-22-6-3-1-2-4-7-22)15-29-21(26)19(20)14-23-8-10-24(11-9-23)18-5-12-30(27,28)16-18/h15,18,25H,1-14,16H2/t18-/m1/s1. The highest BCUT2D eigenvalue weighted by molar-refractivity contribution is 7.91. The molecule has 0 aliphatic carbocycles. The Morgan fingerprint density at radius 3 is 2.27 bits per heavy atom. The van der Waals surface area contributed by atoms with Crippen LogP contribution in [0.4, 0.5) is 0 Å². The summed E-state index contributed by atoms with van der Waals surface area (Å²) in [6.07, 6.45) is 6.94. The van der Waals surface area contributed by atoms with Gasteiger partial charge < -0.3 is 9.52 Å². The Bertz CT molecular complexity index is 884. The summed E-state index contributed by atoms with van der Waals surface area (Å²) in [5.74, 6) is 0.617. The van der Waals surface area contributed by atoms with Gasteiger partial charge in [-0.2, -0.15) is 0 Å². The first-order valence-corrected chi connectivity index (χ1v) is 12.9. The Labute approximate surface area is 178 Å². The molecule has 3 saturated heterocycles. The van der Waals surface area contributed by atoms with E-state index in [9.17, 15) is 18.3 Å². The van der Waals surface area contributed by atoms with Crippen LogP contribution in [-0.2, 0) is 22.9 Å². The van der Waals surface area contributed by atoms with Gasteiger partial charge in [-0.15, -0.1) is 0 Å². The van der Waals surface area contributed by atoms with Crippen LogP contribution in [0.2, 0.25) is 0 Å². The predicted molar refractivity (Wildman–Crippen MR) is 114 cm³/mol. The SMILES string of the molecule is O=c1occ(CN2CCCCCC2)c(O)c1CN1CCN([C@@H]2CCS(=O)(=O)C2)CC1. The van der Waals surface area contributed by atoms with Crippen LogP contribution in [0.5, 0.6) is 5.75 Å². The molecular weight excluding hydrogens is 406 g/mol. The van der Waals surface area contributed by atoms with Crippen molar-refractivity contribution in [3.63, 3.8) is 0 Å². The van der Waals surface area contributed by atoms with Gasteiger partial charge in [0.1, 0.15) is 12.0 Å². The van der Waals surface area contributed by atoms with Gasteiger partial charge in [0.15, 0.2) is 9.84 Å². The normalized spacial score (nSPS) is 26.6. The highest BCUT2D eigenvalue weighted by atomic mass is 32.2. The molecule has 1 aromatic heterocycles. The van der Waals surface area contributed by atoms with Crippen LogP contribution in [0.1, 0.15) is 43.2 Å². The van der Waals surface area contributed by atoms with Gasteiger partial charge in [-0.25, -0.2) is 13.2 Å². The number of aromatic hydroxyl groups is 1. The van der Waals surface area contributed by atoms with Gasteiger partial charge in [-0.05, 0) is 32.4 Å². The summed E-state index contributed by atoms with van der Waals surface area (Å²) in [5, 5.41) is 10.8. The molecule has 0 amide bonds. The molecule has 4 heterocycles. The zero-order valence-electron chi connectivity index (χ0n) is 17.6. The van der Waals surface area contributed by atoms with Crippen LogP contribution in [0.25, 0.3) is 0 Å². The maximum atomic E-state index is 12.3. The third kappa shape index (κ3) is 5.25. The van der Waals surface area contributed by atoms with Crippen molar-refractivity contribution < 1.29 is 17.9 Å². The fourth-order valence-corrected chi connectivity index (χ4v) is 6.66. The fourth-order valence-electron chi connectivity index (χ4n) is 4.90. The van der Waals surface area contributed by atoms with E-state index in [0.717, 1.165) is 52.1 Å². The third-order valence-electron chi connectivity index (χ3n) is 6.75. The molecule has 168 valence electrons. The summed E-state index contributed by atoms with van der Waals surface area (Å²) in [6, 6.07) is 0.118. The highest BCUT2D eigenvalue weighted by Crippen LogP contribution is 2.25. The first-order chi connectivity index (χ1) is 14.4. The topological polar surface area (TPSA) is 94.3 Å². The Kier molecular flexibility index (Phi) is 6.81. The number of sulfone groups is 1. The Morgan fingerprint density at radius 2 is 1.63 bits per heavy atom. The molecule has 1 N–H and O–H groups in total. The average Bonchev–Trinajstić information content (AvgIpc) is 2.91. The molecule has 4 rings (SSSR count). The lowest BCUT2D eigenvalue weighted by atomic mass is 10.1. The summed E-state index contributed by atoms with van der Waals surface area (Å²) in [5.41, 5.74) is 0.539. The molecule has 0 bridgehead atoms. The van der Waals surface area contributed by atoms with E-state index in [1.54, 1.807) is 0 Å². The number of piperazine rings is 1. The average molecular weight is 440 g/mol. The van der Waals surface area contributed by atoms with E-state index >= 15 is 0 Å². The summed E-state index contributed by atoms with van der Waals surface area (Å²) < 4.78 is 28.8. The van der Waals surface area contributed by atoms with Crippen LogP contribution in [-0.4, -0.2) is 85.0 Å². The maximum absolute atomic E-state index is 12.3. The molecule has 8 nitrogen and oxygen atoms in total. The number of hydrogen-bond donors (Lipinski definition) is 1. The van der Waals surface area contributed by atoms with Crippen molar-refractivity contribution in [3.05, 3.63) is 27.8 Å². The quantitative estimate of drug-likeness (QED) is 0.727. The van der Waals surface area contributed by atoms with E-state index in [2.05, 4.69) is 14.7 Å². The van der Waals surface area contributed by atoms with Crippen molar-refractivity contribution in [1.82, 2.24) is 14.7 Å². The van der Waals surface area contributed by atoms with Gasteiger partial charge >= 0.3 is 5.63 Å². The second-order valence-corrected chi connectivity index (χ2v) is 11.2. The smallest absolute Gasteiger partial charge is 0.343 e. The van der Waals surface area contributed by atoms with E-state index in [-0.39, 0.29) is 23.3 Å². The van der Waals surface area contributed by atoms with Crippen molar-refractivity contribution in [2.75, 3.05) is 50.8 Å². The van der Waals surface area contributed by atoms with Gasteiger partial charge in [0.05, 0.1) is 17.1 Å². The van der Waals surface area contributed by atoms with Gasteiger partial charge in [-0.1, -0.05) is 12.8 Å². The lowest BCUT2D eigenvalue weighted by molar-refractivity contribution is 0.0986. The Morgan fingerprint density at radius 1 is 0.967 bits per heavy atom. The molecule has 1 aromatic rings. The van der Waals surface area contributed by atoms with E-state index in [4.69, 9.17) is 4.42 Å². The van der Waals surface area contributed by atoms with E-state index in [0.29, 0.717) is 30.6 Å². The molecule has 30 heavy (non-hydrogen) atoms. The van der Waals surface area contributed by atoms with E-state index in [1.807, 2.05) is 0 Å². The number of hydrogen-bond acceptors (Lipinski definition) is 8. The van der Waals surface area contributed by atoms with Gasteiger partial charge in [-0.3, -0.25) is 14.7 Å². The lowest BCUT2D eigenvalue weighted by Gasteiger charge is -2.37. The third-order valence-corrected chi connectivity index (χ3v) is 8.50. The van der Waals surface area contributed by atoms with Crippen LogP contribution < -0.4 is 5.63 Å².